The summed E-state index contributed by atoms with van der Waals surface area (Å²) < 4.78 is 11.3. The number of nitrogens with zero attached hydrogens (tertiary/aromatic N) is 1. The third kappa shape index (κ3) is 4.45. The van der Waals surface area contributed by atoms with Gasteiger partial charge >= 0.3 is 0 Å². The van der Waals surface area contributed by atoms with Crippen LogP contribution in [0.3, 0.4) is 0 Å². The fourth-order valence-corrected chi connectivity index (χ4v) is 2.92. The van der Waals surface area contributed by atoms with Crippen LogP contribution in [0.15, 0.2) is 24.3 Å². The molecule has 0 saturated carbocycles. The molecule has 0 aromatic heterocycles. The zero-order valence-corrected chi connectivity index (χ0v) is 14.1. The Morgan fingerprint density at radius 3 is 2.68 bits per heavy atom. The van der Waals surface area contributed by atoms with Gasteiger partial charge in [-0.05, 0) is 25.3 Å². The molecule has 1 aromatic carbocycles. The lowest BCUT2D eigenvalue weighted by Gasteiger charge is -2.39. The number of aryl methyl sites for hydroxylation is 1. The topological polar surface area (TPSA) is 38.8 Å². The third-order valence-electron chi connectivity index (χ3n) is 4.16. The van der Waals surface area contributed by atoms with E-state index in [1.54, 1.807) is 12.0 Å². The zero-order chi connectivity index (χ0) is 16.0. The number of hydrogen-bond donors (Lipinski definition) is 0. The molecule has 4 nitrogen and oxygen atoms in total. The van der Waals surface area contributed by atoms with Gasteiger partial charge in [0.2, 0.25) is 5.91 Å². The Morgan fingerprint density at radius 2 is 2.14 bits per heavy atom. The molecule has 0 N–H and O–H groups in total. The molecule has 1 aromatic rings. The number of hydrogen-bond acceptors (Lipinski definition) is 3. The van der Waals surface area contributed by atoms with Gasteiger partial charge in [-0.3, -0.25) is 4.79 Å². The van der Waals surface area contributed by atoms with Crippen molar-refractivity contribution < 1.29 is 14.3 Å². The molecule has 1 heterocycles. The van der Waals surface area contributed by atoms with Gasteiger partial charge in [0, 0.05) is 20.3 Å². The first-order valence-electron chi connectivity index (χ1n) is 7.61. The number of halogens is 1. The fraction of sp³-hybridized carbons (Fsp3) is 0.588. The van der Waals surface area contributed by atoms with Crippen molar-refractivity contribution in [2.75, 3.05) is 32.7 Å². The summed E-state index contributed by atoms with van der Waals surface area (Å²) in [4.78, 5) is 14.0. The van der Waals surface area contributed by atoms with E-state index in [4.69, 9.17) is 21.1 Å². The van der Waals surface area contributed by atoms with Gasteiger partial charge in [-0.15, -0.1) is 11.6 Å². The molecule has 1 aliphatic rings. The lowest BCUT2D eigenvalue weighted by atomic mass is 9.95. The highest BCUT2D eigenvalue weighted by molar-refractivity contribution is 6.27. The molecule has 1 saturated heterocycles. The second-order valence-corrected chi connectivity index (χ2v) is 6.18. The van der Waals surface area contributed by atoms with Crippen LogP contribution in [0.5, 0.6) is 0 Å². The molecule has 0 radical (unpaired) electrons. The van der Waals surface area contributed by atoms with Crippen LogP contribution in [0, 0.1) is 6.92 Å². The van der Waals surface area contributed by atoms with Crippen LogP contribution in [0.2, 0.25) is 0 Å². The van der Waals surface area contributed by atoms with Crippen LogP contribution >= 0.6 is 11.6 Å². The third-order valence-corrected chi connectivity index (χ3v) is 4.39. The first-order valence-corrected chi connectivity index (χ1v) is 8.14. The van der Waals surface area contributed by atoms with Crippen molar-refractivity contribution in [3.8, 4) is 0 Å². The molecular weight excluding hydrogens is 302 g/mol. The van der Waals surface area contributed by atoms with Crippen molar-refractivity contribution >= 4 is 17.5 Å². The highest BCUT2D eigenvalue weighted by Gasteiger charge is 2.36. The molecule has 1 amide bonds. The minimum Gasteiger partial charge on any atom is -0.378 e. The number of carbonyl (C=O) groups is 1. The van der Waals surface area contributed by atoms with Crippen molar-refractivity contribution in [1.82, 2.24) is 4.90 Å². The van der Waals surface area contributed by atoms with Crippen molar-refractivity contribution in [2.45, 2.75) is 31.9 Å². The van der Waals surface area contributed by atoms with Crippen LogP contribution in [0.4, 0.5) is 0 Å². The molecular formula is C17H24ClNO3. The number of carbonyl (C=O) groups excluding carboxylic acids is 1. The van der Waals surface area contributed by atoms with Gasteiger partial charge in [-0.1, -0.05) is 29.8 Å². The first-order chi connectivity index (χ1) is 10.6. The van der Waals surface area contributed by atoms with Crippen molar-refractivity contribution in [3.05, 3.63) is 35.4 Å². The van der Waals surface area contributed by atoms with Gasteiger partial charge < -0.3 is 14.4 Å². The summed E-state index contributed by atoms with van der Waals surface area (Å²) in [6, 6.07) is 8.18. The van der Waals surface area contributed by atoms with E-state index >= 15 is 0 Å². The average molecular weight is 326 g/mol. The lowest BCUT2D eigenvalue weighted by Crippen LogP contribution is -2.51. The van der Waals surface area contributed by atoms with Crippen LogP contribution in [0.25, 0.3) is 0 Å². The van der Waals surface area contributed by atoms with Gasteiger partial charge in [-0.25, -0.2) is 0 Å². The number of alkyl halides is 1. The Morgan fingerprint density at radius 1 is 1.41 bits per heavy atom. The summed E-state index contributed by atoms with van der Waals surface area (Å²) >= 11 is 5.78. The second-order valence-electron chi connectivity index (χ2n) is 5.91. The fourth-order valence-electron chi connectivity index (χ4n) is 2.76. The summed E-state index contributed by atoms with van der Waals surface area (Å²) in [7, 11) is 1.68. The lowest BCUT2D eigenvalue weighted by molar-refractivity contribution is -0.145. The summed E-state index contributed by atoms with van der Waals surface area (Å²) in [5.74, 6) is -0.101. The normalized spacial score (nSPS) is 21.6. The van der Waals surface area contributed by atoms with Crippen molar-refractivity contribution in [2.24, 2.45) is 0 Å². The van der Waals surface area contributed by atoms with Crippen LogP contribution < -0.4 is 0 Å². The van der Waals surface area contributed by atoms with Gasteiger partial charge in [0.05, 0.1) is 13.2 Å². The number of ether oxygens (including phenoxy) is 2. The van der Waals surface area contributed by atoms with Crippen LogP contribution in [-0.4, -0.2) is 49.2 Å². The van der Waals surface area contributed by atoms with Crippen molar-refractivity contribution in [3.63, 3.8) is 0 Å². The van der Waals surface area contributed by atoms with E-state index in [2.05, 4.69) is 12.1 Å². The zero-order valence-electron chi connectivity index (χ0n) is 13.3. The van der Waals surface area contributed by atoms with E-state index in [1.807, 2.05) is 19.1 Å². The Balaban J connectivity index is 2.11. The maximum Gasteiger partial charge on any atom is 0.237 e. The van der Waals surface area contributed by atoms with Crippen molar-refractivity contribution in [1.29, 1.82) is 0 Å². The molecule has 22 heavy (non-hydrogen) atoms. The van der Waals surface area contributed by atoms with Gasteiger partial charge in [0.1, 0.15) is 11.5 Å². The molecule has 0 aliphatic carbocycles. The van der Waals surface area contributed by atoms with Gasteiger partial charge in [0.15, 0.2) is 0 Å². The summed E-state index contributed by atoms with van der Waals surface area (Å²) in [6.45, 7) is 4.36. The molecule has 2 rings (SSSR count). The number of benzene rings is 1. The molecule has 5 heteroatoms. The number of rotatable bonds is 6. The van der Waals surface area contributed by atoms with E-state index in [0.29, 0.717) is 19.7 Å². The highest BCUT2D eigenvalue weighted by atomic mass is 35.5. The molecule has 1 aliphatic heterocycles. The average Bonchev–Trinajstić information content (AvgIpc) is 2.56. The maximum atomic E-state index is 12.2. The Kier molecular flexibility index (Phi) is 6.24. The number of methoxy groups -OCH3 is 1. The van der Waals surface area contributed by atoms with Gasteiger partial charge in [0.25, 0.3) is 0 Å². The highest BCUT2D eigenvalue weighted by Crippen LogP contribution is 2.25. The monoisotopic (exact) mass is 325 g/mol. The van der Waals surface area contributed by atoms with E-state index in [9.17, 15) is 4.79 Å². The van der Waals surface area contributed by atoms with E-state index in [-0.39, 0.29) is 11.8 Å². The largest absolute Gasteiger partial charge is 0.378 e. The number of amides is 1. The molecule has 0 bridgehead atoms. The summed E-state index contributed by atoms with van der Waals surface area (Å²) in [5, 5.41) is 0. The quantitative estimate of drug-likeness (QED) is 0.755. The first kappa shape index (κ1) is 17.3. The summed E-state index contributed by atoms with van der Waals surface area (Å²) in [6.07, 6.45) is 1.84. The predicted octanol–water partition coefficient (Wildman–Crippen LogP) is 2.76. The van der Waals surface area contributed by atoms with Crippen LogP contribution in [0.1, 0.15) is 24.0 Å². The Bertz CT molecular complexity index is 483. The summed E-state index contributed by atoms with van der Waals surface area (Å²) in [5.41, 5.74) is 1.87. The SMILES string of the molecule is COC1(CN(Cc2ccc(C)cc2)C(=O)CCl)CCCOC1. The standard InChI is InChI=1S/C17H24ClNO3/c1-14-4-6-15(7-5-14)11-19(16(20)10-18)12-17(21-2)8-3-9-22-13-17/h4-7H,3,8-13H2,1-2H3. The smallest absolute Gasteiger partial charge is 0.237 e. The molecule has 0 spiro atoms. The van der Waals surface area contributed by atoms with E-state index in [0.717, 1.165) is 25.0 Å². The second kappa shape index (κ2) is 7.95. The minimum absolute atomic E-state index is 0.0213. The Labute approximate surface area is 137 Å². The molecule has 1 fully saturated rings. The molecule has 1 atom stereocenters. The molecule has 1 unspecified atom stereocenters. The van der Waals surface area contributed by atoms with Crippen LogP contribution in [-0.2, 0) is 20.8 Å². The van der Waals surface area contributed by atoms with E-state index < -0.39 is 5.60 Å². The van der Waals surface area contributed by atoms with E-state index in [1.165, 1.54) is 5.56 Å². The Hall–Kier alpha value is -1.10. The molecule has 122 valence electrons. The van der Waals surface area contributed by atoms with Gasteiger partial charge in [-0.2, -0.15) is 0 Å². The minimum atomic E-state index is -0.426. The maximum absolute atomic E-state index is 12.2. The predicted molar refractivity (Wildman–Crippen MR) is 87.1 cm³/mol.